The monoisotopic (exact) mass is 427 g/mol. The summed E-state index contributed by atoms with van der Waals surface area (Å²) in [5, 5.41) is 3.77. The van der Waals surface area contributed by atoms with Crippen LogP contribution in [0.4, 0.5) is 10.3 Å². The van der Waals surface area contributed by atoms with Crippen LogP contribution in [0.15, 0.2) is 58.1 Å². The minimum absolute atomic E-state index is 0.165. The van der Waals surface area contributed by atoms with Crippen molar-refractivity contribution in [2.45, 2.75) is 13.1 Å². The van der Waals surface area contributed by atoms with Gasteiger partial charge in [0.05, 0.1) is 6.54 Å². The maximum Gasteiger partial charge on any atom is 0.332 e. The highest BCUT2D eigenvalue weighted by atomic mass is 35.5. The molecule has 0 aliphatic rings. The van der Waals surface area contributed by atoms with Gasteiger partial charge in [-0.05, 0) is 17.7 Å². The number of imidazole rings is 1. The molecule has 4 aromatic rings. The van der Waals surface area contributed by atoms with Crippen molar-refractivity contribution in [3.05, 3.63) is 91.3 Å². The SMILES string of the molecule is Cn1c(NCc2ccccc2Cl)nc2c1c(=O)n(Cc1ccccc1F)c(=O)n2C. The molecule has 0 spiro atoms. The highest BCUT2D eigenvalue weighted by molar-refractivity contribution is 6.31. The van der Waals surface area contributed by atoms with E-state index in [9.17, 15) is 14.0 Å². The van der Waals surface area contributed by atoms with Crippen LogP contribution >= 0.6 is 11.6 Å². The first-order valence-electron chi connectivity index (χ1n) is 9.25. The normalized spacial score (nSPS) is 11.2. The number of nitrogens with one attached hydrogen (secondary N) is 1. The van der Waals surface area contributed by atoms with Crippen molar-refractivity contribution in [1.29, 1.82) is 0 Å². The number of fused-ring (bicyclic) bond motifs is 1. The van der Waals surface area contributed by atoms with E-state index in [1.165, 1.54) is 17.7 Å². The Morgan fingerprint density at radius 3 is 2.37 bits per heavy atom. The number of aromatic nitrogens is 4. The molecule has 0 fully saturated rings. The summed E-state index contributed by atoms with van der Waals surface area (Å²) in [7, 11) is 3.22. The maximum atomic E-state index is 14.1. The molecule has 9 heteroatoms. The first kappa shape index (κ1) is 19.9. The summed E-state index contributed by atoms with van der Waals surface area (Å²) < 4.78 is 18.0. The third kappa shape index (κ3) is 3.39. The highest BCUT2D eigenvalue weighted by Gasteiger charge is 2.19. The van der Waals surface area contributed by atoms with Crippen molar-refractivity contribution in [1.82, 2.24) is 18.7 Å². The molecule has 0 unspecified atom stereocenters. The van der Waals surface area contributed by atoms with Gasteiger partial charge in [0.15, 0.2) is 11.2 Å². The number of rotatable bonds is 5. The molecule has 7 nitrogen and oxygen atoms in total. The molecule has 0 saturated carbocycles. The van der Waals surface area contributed by atoms with Crippen LogP contribution in [0.2, 0.25) is 5.02 Å². The molecule has 0 saturated heterocycles. The molecule has 0 amide bonds. The number of nitrogens with zero attached hydrogens (tertiary/aromatic N) is 4. The lowest BCUT2D eigenvalue weighted by molar-refractivity contribution is 0.582. The van der Waals surface area contributed by atoms with Crippen molar-refractivity contribution in [2.75, 3.05) is 5.32 Å². The summed E-state index contributed by atoms with van der Waals surface area (Å²) >= 11 is 6.19. The standard InChI is InChI=1S/C21H19ClFN5O2/c1-26-17-18(25-20(26)24-11-13-7-3-5-9-15(13)22)27(2)21(30)28(19(17)29)12-14-8-4-6-10-16(14)23/h3-10H,11-12H2,1-2H3,(H,24,25). The lowest BCUT2D eigenvalue weighted by Crippen LogP contribution is -2.40. The van der Waals surface area contributed by atoms with Gasteiger partial charge in [-0.25, -0.2) is 9.18 Å². The van der Waals surface area contributed by atoms with Gasteiger partial charge in [-0.1, -0.05) is 48.0 Å². The predicted molar refractivity (Wildman–Crippen MR) is 114 cm³/mol. The summed E-state index contributed by atoms with van der Waals surface area (Å²) in [6.45, 7) is 0.232. The molecule has 0 aliphatic heterocycles. The minimum Gasteiger partial charge on any atom is -0.351 e. The molecule has 4 rings (SSSR count). The molecular weight excluding hydrogens is 409 g/mol. The quantitative estimate of drug-likeness (QED) is 0.531. The number of aryl methyl sites for hydroxylation is 2. The number of anilines is 1. The van der Waals surface area contributed by atoms with E-state index in [1.54, 1.807) is 35.9 Å². The molecular formula is C21H19ClFN5O2. The molecule has 1 N–H and O–H groups in total. The van der Waals surface area contributed by atoms with Crippen LogP contribution in [-0.4, -0.2) is 18.7 Å². The third-order valence-electron chi connectivity index (χ3n) is 5.04. The fraction of sp³-hybridized carbons (Fsp3) is 0.190. The highest BCUT2D eigenvalue weighted by Crippen LogP contribution is 2.18. The smallest absolute Gasteiger partial charge is 0.332 e. The first-order chi connectivity index (χ1) is 14.4. The van der Waals surface area contributed by atoms with Gasteiger partial charge in [-0.2, -0.15) is 4.98 Å². The molecule has 0 atom stereocenters. The van der Waals surface area contributed by atoms with Crippen molar-refractivity contribution in [3.63, 3.8) is 0 Å². The molecule has 2 aromatic carbocycles. The van der Waals surface area contributed by atoms with Crippen molar-refractivity contribution < 1.29 is 4.39 Å². The molecule has 0 bridgehead atoms. The number of benzene rings is 2. The lowest BCUT2D eigenvalue weighted by Gasteiger charge is -2.09. The van der Waals surface area contributed by atoms with E-state index in [2.05, 4.69) is 10.3 Å². The summed E-state index contributed by atoms with van der Waals surface area (Å²) in [6, 6.07) is 13.5. The van der Waals surface area contributed by atoms with Gasteiger partial charge in [-0.15, -0.1) is 0 Å². The maximum absolute atomic E-state index is 14.1. The summed E-state index contributed by atoms with van der Waals surface area (Å²) in [5.74, 6) is -0.0562. The molecule has 2 aromatic heterocycles. The lowest BCUT2D eigenvalue weighted by atomic mass is 10.2. The van der Waals surface area contributed by atoms with Crippen molar-refractivity contribution >= 4 is 28.7 Å². The second-order valence-electron chi connectivity index (χ2n) is 6.94. The van der Waals surface area contributed by atoms with Gasteiger partial charge in [-0.3, -0.25) is 13.9 Å². The fourth-order valence-electron chi connectivity index (χ4n) is 3.35. The third-order valence-corrected chi connectivity index (χ3v) is 5.41. The van der Waals surface area contributed by atoms with Gasteiger partial charge in [0.1, 0.15) is 5.82 Å². The fourth-order valence-corrected chi connectivity index (χ4v) is 3.56. The van der Waals surface area contributed by atoms with E-state index in [4.69, 9.17) is 11.6 Å². The van der Waals surface area contributed by atoms with Crippen molar-refractivity contribution in [2.24, 2.45) is 14.1 Å². The summed E-state index contributed by atoms with van der Waals surface area (Å²) in [5.41, 5.74) is 0.532. The largest absolute Gasteiger partial charge is 0.351 e. The summed E-state index contributed by atoms with van der Waals surface area (Å²) in [4.78, 5) is 30.3. The number of hydrogen-bond donors (Lipinski definition) is 1. The Labute approximate surface area is 176 Å². The van der Waals surface area contributed by atoms with Gasteiger partial charge in [0.25, 0.3) is 5.56 Å². The van der Waals surface area contributed by atoms with Gasteiger partial charge in [0.2, 0.25) is 5.95 Å². The van der Waals surface area contributed by atoms with Crippen LogP contribution in [-0.2, 0) is 27.2 Å². The van der Waals surface area contributed by atoms with E-state index in [0.29, 0.717) is 17.5 Å². The van der Waals surface area contributed by atoms with Gasteiger partial charge in [0, 0.05) is 31.2 Å². The first-order valence-corrected chi connectivity index (χ1v) is 9.63. The molecule has 0 radical (unpaired) electrons. The topological polar surface area (TPSA) is 73.8 Å². The second kappa shape index (κ2) is 7.79. The van der Waals surface area contributed by atoms with Crippen LogP contribution in [0.1, 0.15) is 11.1 Å². The zero-order valence-corrected chi connectivity index (χ0v) is 17.2. The average molecular weight is 428 g/mol. The predicted octanol–water partition coefficient (Wildman–Crippen LogP) is 2.89. The number of hydrogen-bond acceptors (Lipinski definition) is 4. The van der Waals surface area contributed by atoms with E-state index in [1.807, 2.05) is 18.2 Å². The molecule has 154 valence electrons. The number of halogens is 2. The summed E-state index contributed by atoms with van der Waals surface area (Å²) in [6.07, 6.45) is 0. The Hall–Kier alpha value is -3.39. The Bertz CT molecular complexity index is 1370. The van der Waals surface area contributed by atoms with E-state index < -0.39 is 17.1 Å². The van der Waals surface area contributed by atoms with Crippen LogP contribution in [0.5, 0.6) is 0 Å². The molecule has 30 heavy (non-hydrogen) atoms. The average Bonchev–Trinajstić information content (AvgIpc) is 3.07. The van der Waals surface area contributed by atoms with Gasteiger partial charge >= 0.3 is 5.69 Å². The Morgan fingerprint density at radius 1 is 1.00 bits per heavy atom. The Kier molecular flexibility index (Phi) is 5.17. The van der Waals surface area contributed by atoms with Crippen LogP contribution in [0, 0.1) is 5.82 Å². The van der Waals surface area contributed by atoms with Gasteiger partial charge < -0.3 is 9.88 Å². The van der Waals surface area contributed by atoms with E-state index in [-0.39, 0.29) is 23.3 Å². The Balaban J connectivity index is 1.78. The minimum atomic E-state index is -0.563. The molecule has 2 heterocycles. The van der Waals surface area contributed by atoms with E-state index in [0.717, 1.165) is 10.1 Å². The second-order valence-corrected chi connectivity index (χ2v) is 7.34. The zero-order valence-electron chi connectivity index (χ0n) is 16.4. The molecule has 0 aliphatic carbocycles. The van der Waals surface area contributed by atoms with Crippen LogP contribution in [0.3, 0.4) is 0 Å². The van der Waals surface area contributed by atoms with Crippen LogP contribution < -0.4 is 16.6 Å². The Morgan fingerprint density at radius 2 is 1.67 bits per heavy atom. The van der Waals surface area contributed by atoms with Crippen LogP contribution in [0.25, 0.3) is 11.2 Å². The van der Waals surface area contributed by atoms with Crippen molar-refractivity contribution in [3.8, 4) is 0 Å². The van der Waals surface area contributed by atoms with E-state index >= 15 is 0 Å². The zero-order chi connectivity index (χ0) is 21.4.